The van der Waals surface area contributed by atoms with Gasteiger partial charge in [-0.3, -0.25) is 4.40 Å². The highest BCUT2D eigenvalue weighted by Gasteiger charge is 2.23. The van der Waals surface area contributed by atoms with Gasteiger partial charge in [-0.1, -0.05) is 36.8 Å². The van der Waals surface area contributed by atoms with Gasteiger partial charge in [0.25, 0.3) is 0 Å². The zero-order chi connectivity index (χ0) is 16.3. The predicted octanol–water partition coefficient (Wildman–Crippen LogP) is 4.44. The van der Waals surface area contributed by atoms with Crippen molar-refractivity contribution in [2.24, 2.45) is 5.92 Å². The molecule has 0 unspecified atom stereocenters. The zero-order valence-electron chi connectivity index (χ0n) is 13.8. The molecule has 0 saturated carbocycles. The quantitative estimate of drug-likeness (QED) is 0.517. The Morgan fingerprint density at radius 2 is 2.00 bits per heavy atom. The van der Waals surface area contributed by atoms with Gasteiger partial charge in [-0.15, -0.1) is 21.5 Å². The Kier molecular flexibility index (Phi) is 3.00. The summed E-state index contributed by atoms with van der Waals surface area (Å²) in [5.74, 6) is 1.63. The Hall–Kier alpha value is -2.27. The van der Waals surface area contributed by atoms with E-state index in [0.717, 1.165) is 34.2 Å². The Bertz CT molecular complexity index is 1060. The van der Waals surface area contributed by atoms with E-state index in [1.807, 2.05) is 22.1 Å². The van der Waals surface area contributed by atoms with E-state index in [1.54, 1.807) is 0 Å². The minimum absolute atomic E-state index is 0.766. The van der Waals surface area contributed by atoms with Crippen molar-refractivity contribution in [3.05, 3.63) is 46.6 Å². The lowest BCUT2D eigenvalue weighted by Crippen LogP contribution is -2.08. The van der Waals surface area contributed by atoms with Gasteiger partial charge < -0.3 is 0 Å². The monoisotopic (exact) mass is 334 g/mol. The van der Waals surface area contributed by atoms with Crippen molar-refractivity contribution in [2.45, 2.75) is 33.1 Å². The van der Waals surface area contributed by atoms with Gasteiger partial charge in [-0.05, 0) is 37.7 Å². The summed E-state index contributed by atoms with van der Waals surface area (Å²) < 4.78 is 2.04. The first-order valence-electron chi connectivity index (χ1n) is 8.42. The van der Waals surface area contributed by atoms with Crippen LogP contribution in [-0.4, -0.2) is 19.6 Å². The van der Waals surface area contributed by atoms with Gasteiger partial charge in [0.2, 0.25) is 0 Å². The average Bonchev–Trinajstić information content (AvgIpc) is 3.15. The highest BCUT2D eigenvalue weighted by molar-refractivity contribution is 7.19. The van der Waals surface area contributed by atoms with Gasteiger partial charge in [-0.25, -0.2) is 4.98 Å². The topological polar surface area (TPSA) is 43.1 Å². The molecule has 0 N–H and O–H groups in total. The lowest BCUT2D eigenvalue weighted by molar-refractivity contribution is 0.509. The van der Waals surface area contributed by atoms with Gasteiger partial charge in [0.1, 0.15) is 11.2 Å². The van der Waals surface area contributed by atoms with Gasteiger partial charge in [0, 0.05) is 10.4 Å². The first-order chi connectivity index (χ1) is 11.7. The third-order valence-corrected chi connectivity index (χ3v) is 6.18. The smallest absolute Gasteiger partial charge is 0.172 e. The van der Waals surface area contributed by atoms with Crippen LogP contribution < -0.4 is 0 Å². The fraction of sp³-hybridized carbons (Fsp3) is 0.316. The molecule has 1 atom stereocenters. The van der Waals surface area contributed by atoms with E-state index in [1.165, 1.54) is 34.2 Å². The molecule has 0 bridgehead atoms. The van der Waals surface area contributed by atoms with Crippen molar-refractivity contribution in [2.75, 3.05) is 0 Å². The lowest BCUT2D eigenvalue weighted by atomic mass is 9.89. The first kappa shape index (κ1) is 14.1. The third-order valence-electron chi connectivity index (χ3n) is 5.01. The standard InChI is InChI=1S/C19H18N4S/c1-11-3-6-13(7-4-11)17-21-22-18-16-14-8-5-12(2)9-15(14)24-19(16)20-10-23(17)18/h3-4,6-7,10,12H,5,8-9H2,1-2H3/t12-/m0/s1. The fourth-order valence-electron chi connectivity index (χ4n) is 3.64. The van der Waals surface area contributed by atoms with E-state index in [2.05, 4.69) is 48.3 Å². The molecule has 0 spiro atoms. The number of nitrogens with zero attached hydrogens (tertiary/aromatic N) is 4. The van der Waals surface area contributed by atoms with Gasteiger partial charge in [0.15, 0.2) is 11.5 Å². The molecule has 1 aliphatic rings. The summed E-state index contributed by atoms with van der Waals surface area (Å²) in [6, 6.07) is 8.41. The molecule has 4 aromatic rings. The number of hydrogen-bond acceptors (Lipinski definition) is 4. The average molecular weight is 334 g/mol. The van der Waals surface area contributed by atoms with Crippen LogP contribution in [-0.2, 0) is 12.8 Å². The molecule has 0 fully saturated rings. The summed E-state index contributed by atoms with van der Waals surface area (Å²) in [5, 5.41) is 10.2. The molecule has 1 aliphatic carbocycles. The van der Waals surface area contributed by atoms with Gasteiger partial charge in [0.05, 0.1) is 5.39 Å². The van der Waals surface area contributed by atoms with E-state index in [0.29, 0.717) is 0 Å². The van der Waals surface area contributed by atoms with Crippen molar-refractivity contribution >= 4 is 27.2 Å². The summed E-state index contributed by atoms with van der Waals surface area (Å²) in [6.07, 6.45) is 5.42. The third kappa shape index (κ3) is 2.01. The maximum absolute atomic E-state index is 4.72. The van der Waals surface area contributed by atoms with Crippen molar-refractivity contribution in [3.8, 4) is 11.4 Å². The summed E-state index contributed by atoms with van der Waals surface area (Å²) >= 11 is 1.83. The summed E-state index contributed by atoms with van der Waals surface area (Å²) in [4.78, 5) is 7.31. The van der Waals surface area contributed by atoms with Crippen LogP contribution in [0.3, 0.4) is 0 Å². The number of aryl methyl sites for hydroxylation is 2. The maximum atomic E-state index is 4.72. The summed E-state index contributed by atoms with van der Waals surface area (Å²) in [6.45, 7) is 4.43. The molecule has 4 nitrogen and oxygen atoms in total. The second kappa shape index (κ2) is 5.11. The van der Waals surface area contributed by atoms with Crippen molar-refractivity contribution in [1.82, 2.24) is 19.6 Å². The molecule has 0 radical (unpaired) electrons. The van der Waals surface area contributed by atoms with E-state index >= 15 is 0 Å². The molecule has 24 heavy (non-hydrogen) atoms. The lowest BCUT2D eigenvalue weighted by Gasteiger charge is -2.17. The molecule has 3 heterocycles. The predicted molar refractivity (Wildman–Crippen MR) is 97.5 cm³/mol. The number of fused-ring (bicyclic) bond motifs is 5. The summed E-state index contributed by atoms with van der Waals surface area (Å²) in [7, 11) is 0. The highest BCUT2D eigenvalue weighted by Crippen LogP contribution is 2.39. The summed E-state index contributed by atoms with van der Waals surface area (Å²) in [5.41, 5.74) is 4.72. The van der Waals surface area contributed by atoms with Crippen LogP contribution in [0, 0.1) is 12.8 Å². The minimum Gasteiger partial charge on any atom is -0.265 e. The Morgan fingerprint density at radius 1 is 1.17 bits per heavy atom. The maximum Gasteiger partial charge on any atom is 0.172 e. The molecule has 120 valence electrons. The molecule has 1 aromatic carbocycles. The Balaban J connectivity index is 1.76. The van der Waals surface area contributed by atoms with Crippen LogP contribution in [0.5, 0.6) is 0 Å². The van der Waals surface area contributed by atoms with Crippen LogP contribution in [0.4, 0.5) is 0 Å². The number of thiophene rings is 1. The normalized spacial score (nSPS) is 17.5. The largest absolute Gasteiger partial charge is 0.265 e. The second-order valence-corrected chi connectivity index (χ2v) is 7.94. The number of benzene rings is 1. The minimum atomic E-state index is 0.766. The molecule has 0 aliphatic heterocycles. The van der Waals surface area contributed by atoms with Crippen LogP contribution >= 0.6 is 11.3 Å². The molecular formula is C19H18N4S. The van der Waals surface area contributed by atoms with Crippen LogP contribution in [0.1, 0.15) is 29.3 Å². The fourth-order valence-corrected chi connectivity index (χ4v) is 4.98. The van der Waals surface area contributed by atoms with E-state index in [-0.39, 0.29) is 0 Å². The molecule has 5 heteroatoms. The van der Waals surface area contributed by atoms with Crippen LogP contribution in [0.25, 0.3) is 27.3 Å². The van der Waals surface area contributed by atoms with Gasteiger partial charge >= 0.3 is 0 Å². The van der Waals surface area contributed by atoms with E-state index < -0.39 is 0 Å². The van der Waals surface area contributed by atoms with Crippen molar-refractivity contribution in [3.63, 3.8) is 0 Å². The van der Waals surface area contributed by atoms with Crippen LogP contribution in [0.2, 0.25) is 0 Å². The Labute approximate surface area is 144 Å². The number of aromatic nitrogens is 4. The van der Waals surface area contributed by atoms with Gasteiger partial charge in [-0.2, -0.15) is 0 Å². The first-order valence-corrected chi connectivity index (χ1v) is 9.23. The molecular weight excluding hydrogens is 316 g/mol. The number of hydrogen-bond donors (Lipinski definition) is 0. The SMILES string of the molecule is Cc1ccc(-c2nnc3c4c5c(sc4ncn23)C[C@@H](C)CC5)cc1. The molecule has 3 aromatic heterocycles. The van der Waals surface area contributed by atoms with Crippen molar-refractivity contribution < 1.29 is 0 Å². The van der Waals surface area contributed by atoms with E-state index in [4.69, 9.17) is 4.98 Å². The van der Waals surface area contributed by atoms with Crippen molar-refractivity contribution in [1.29, 1.82) is 0 Å². The Morgan fingerprint density at radius 3 is 2.83 bits per heavy atom. The molecule has 0 amide bonds. The molecule has 0 saturated heterocycles. The second-order valence-electron chi connectivity index (χ2n) is 6.86. The molecule has 5 rings (SSSR count). The number of rotatable bonds is 1. The van der Waals surface area contributed by atoms with Crippen LogP contribution in [0.15, 0.2) is 30.6 Å². The van der Waals surface area contributed by atoms with E-state index in [9.17, 15) is 0 Å². The highest BCUT2D eigenvalue weighted by atomic mass is 32.1. The zero-order valence-corrected chi connectivity index (χ0v) is 14.6.